The van der Waals surface area contributed by atoms with Crippen LogP contribution in [0, 0.1) is 27.7 Å². The maximum atomic E-state index is 4.93. The minimum atomic E-state index is -0.826. The molecule has 2 fully saturated rings. The monoisotopic (exact) mass is 820 g/mol. The molecule has 0 aromatic heterocycles. The van der Waals surface area contributed by atoms with E-state index in [1.165, 1.54) is 130 Å². The summed E-state index contributed by atoms with van der Waals surface area (Å²) >= 11 is -0.826. The molecule has 6 aromatic rings. The number of aryl methyl sites for hydroxylation is 4. The SMILES string of the molecule is C[Si]C.Cc1cc(C)cc(-c2cccc3[cH-]c(C4CCCCC4)cc23)c1.Cc1cc(C)cc(-c2cccc3[cH-]c(C4CCCCC4)cc23)c1.[Cl][Zr+2][Cl]. The zero-order chi connectivity index (χ0) is 37.0. The Morgan fingerprint density at radius 1 is 0.519 bits per heavy atom. The van der Waals surface area contributed by atoms with Gasteiger partial charge >= 0.3 is 37.9 Å². The van der Waals surface area contributed by atoms with Gasteiger partial charge in [-0.3, -0.25) is 0 Å². The molecule has 0 unspecified atom stereocenters. The summed E-state index contributed by atoms with van der Waals surface area (Å²) in [5, 5.41) is 5.67. The third-order valence-electron chi connectivity index (χ3n) is 10.8. The van der Waals surface area contributed by atoms with Gasteiger partial charge in [-0.1, -0.05) is 134 Å². The molecule has 0 atom stereocenters. The van der Waals surface area contributed by atoms with Gasteiger partial charge in [0.2, 0.25) is 0 Å². The molecule has 6 aromatic carbocycles. The first kappa shape index (κ1) is 41.0. The molecular formula is C48H56Cl2SiZr. The van der Waals surface area contributed by atoms with E-state index in [4.69, 9.17) is 17.0 Å². The van der Waals surface area contributed by atoms with E-state index in [0.717, 1.165) is 21.4 Å². The van der Waals surface area contributed by atoms with Crippen molar-refractivity contribution in [2.75, 3.05) is 0 Å². The molecule has 0 N–H and O–H groups in total. The van der Waals surface area contributed by atoms with Crippen LogP contribution in [0.15, 0.2) is 97.1 Å². The number of halogens is 2. The fourth-order valence-electron chi connectivity index (χ4n) is 8.62. The topological polar surface area (TPSA) is 0 Å². The van der Waals surface area contributed by atoms with E-state index in [1.54, 1.807) is 11.1 Å². The predicted molar refractivity (Wildman–Crippen MR) is 230 cm³/mol. The molecule has 2 aliphatic rings. The zero-order valence-corrected chi connectivity index (χ0v) is 37.2. The molecule has 2 radical (unpaired) electrons. The van der Waals surface area contributed by atoms with Gasteiger partial charge in [-0.25, -0.2) is 0 Å². The van der Waals surface area contributed by atoms with E-state index in [2.05, 4.69) is 138 Å². The summed E-state index contributed by atoms with van der Waals surface area (Å²) in [4.78, 5) is 0. The van der Waals surface area contributed by atoms with Crippen molar-refractivity contribution in [3.05, 3.63) is 130 Å². The molecule has 4 heteroatoms. The van der Waals surface area contributed by atoms with E-state index >= 15 is 0 Å². The minimum absolute atomic E-state index is 0.781. The average Bonchev–Trinajstić information content (AvgIpc) is 3.78. The molecule has 0 aliphatic heterocycles. The van der Waals surface area contributed by atoms with Crippen LogP contribution in [0.4, 0.5) is 0 Å². The molecule has 0 nitrogen and oxygen atoms in total. The van der Waals surface area contributed by atoms with E-state index in [-0.39, 0.29) is 0 Å². The Balaban J connectivity index is 0.000000175. The summed E-state index contributed by atoms with van der Waals surface area (Å²) in [6.07, 6.45) is 13.9. The molecule has 0 heterocycles. The first-order valence-electron chi connectivity index (χ1n) is 19.3. The fraction of sp³-hybridized carbons (Fsp3) is 0.375. The summed E-state index contributed by atoms with van der Waals surface area (Å²) in [5.41, 5.74) is 14.0. The number of hydrogen-bond donors (Lipinski definition) is 0. The number of rotatable bonds is 4. The molecule has 0 spiro atoms. The Kier molecular flexibility index (Phi) is 16.1. The van der Waals surface area contributed by atoms with E-state index < -0.39 is 20.8 Å². The van der Waals surface area contributed by atoms with E-state index in [9.17, 15) is 0 Å². The number of benzene rings is 4. The summed E-state index contributed by atoms with van der Waals surface area (Å²) in [7, 11) is 11.0. The summed E-state index contributed by atoms with van der Waals surface area (Å²) in [6.45, 7) is 13.1. The second-order valence-electron chi connectivity index (χ2n) is 15.2. The molecular weight excluding hydrogens is 767 g/mol. The summed E-state index contributed by atoms with van der Waals surface area (Å²) < 4.78 is 0. The first-order valence-corrected chi connectivity index (χ1v) is 27.7. The van der Waals surface area contributed by atoms with Gasteiger partial charge in [-0.15, -0.1) is 69.1 Å². The van der Waals surface area contributed by atoms with Crippen molar-refractivity contribution >= 4 is 48.1 Å². The third kappa shape index (κ3) is 10.9. The van der Waals surface area contributed by atoms with Gasteiger partial charge in [0.15, 0.2) is 0 Å². The Labute approximate surface area is 335 Å². The van der Waals surface area contributed by atoms with Crippen LogP contribution < -0.4 is 0 Å². The quantitative estimate of drug-likeness (QED) is 0.123. The standard InChI is InChI=1S/2C23H25.C2H6Si.2ClH.Zr/c2*1-16-11-17(2)13-21(12-16)22-10-6-9-19-14-20(15-23(19)22)18-7-4-3-5-8-18;1-3-2;;;/h2*6,9-15,18H,3-5,7-8H2,1-2H3;1-2H3;2*1H;/q2*-1;;;;+4/p-2. The van der Waals surface area contributed by atoms with Crippen molar-refractivity contribution in [2.45, 2.75) is 117 Å². The molecule has 2 aliphatic carbocycles. The van der Waals surface area contributed by atoms with Gasteiger partial charge < -0.3 is 0 Å². The molecule has 52 heavy (non-hydrogen) atoms. The van der Waals surface area contributed by atoms with Crippen molar-refractivity contribution in [1.29, 1.82) is 0 Å². The molecule has 8 rings (SSSR count). The van der Waals surface area contributed by atoms with Gasteiger partial charge in [0.05, 0.1) is 0 Å². The van der Waals surface area contributed by atoms with Crippen LogP contribution in [0.2, 0.25) is 13.1 Å². The van der Waals surface area contributed by atoms with Crippen LogP contribution in [0.5, 0.6) is 0 Å². The van der Waals surface area contributed by atoms with Gasteiger partial charge in [-0.05, 0) is 76.3 Å². The fourth-order valence-corrected chi connectivity index (χ4v) is 8.62. The molecule has 2 saturated carbocycles. The van der Waals surface area contributed by atoms with Gasteiger partial charge in [0, 0.05) is 9.52 Å². The van der Waals surface area contributed by atoms with Crippen molar-refractivity contribution < 1.29 is 20.8 Å². The second-order valence-corrected chi connectivity index (χ2v) is 19.9. The van der Waals surface area contributed by atoms with Crippen LogP contribution in [0.1, 0.15) is 109 Å². The molecule has 270 valence electrons. The summed E-state index contributed by atoms with van der Waals surface area (Å²) in [6, 6.07) is 37.1. The first-order chi connectivity index (χ1) is 25.2. The average molecular weight is 823 g/mol. The second kappa shape index (κ2) is 20.5. The maximum absolute atomic E-state index is 4.93. The molecule has 0 saturated heterocycles. The van der Waals surface area contributed by atoms with Crippen LogP contribution in [0.3, 0.4) is 0 Å². The van der Waals surface area contributed by atoms with Crippen molar-refractivity contribution in [2.24, 2.45) is 0 Å². The van der Waals surface area contributed by atoms with Gasteiger partial charge in [0.25, 0.3) is 0 Å². The Hall–Kier alpha value is -2.22. The van der Waals surface area contributed by atoms with Crippen molar-refractivity contribution in [3.8, 4) is 22.3 Å². The normalized spacial score (nSPS) is 14.8. The zero-order valence-electron chi connectivity index (χ0n) is 32.2. The number of hydrogen-bond acceptors (Lipinski definition) is 0. The van der Waals surface area contributed by atoms with Crippen molar-refractivity contribution in [3.63, 3.8) is 0 Å². The molecule has 0 amide bonds. The third-order valence-corrected chi connectivity index (χ3v) is 10.8. The Bertz CT molecular complexity index is 1820. The van der Waals surface area contributed by atoms with Crippen LogP contribution in [-0.2, 0) is 20.8 Å². The van der Waals surface area contributed by atoms with Crippen LogP contribution >= 0.6 is 17.0 Å². The Morgan fingerprint density at radius 3 is 1.17 bits per heavy atom. The van der Waals surface area contributed by atoms with Crippen LogP contribution in [0.25, 0.3) is 43.8 Å². The van der Waals surface area contributed by atoms with Gasteiger partial charge in [-0.2, -0.15) is 12.1 Å². The van der Waals surface area contributed by atoms with E-state index in [0.29, 0.717) is 0 Å². The number of fused-ring (bicyclic) bond motifs is 2. The molecule has 0 bridgehead atoms. The predicted octanol–water partition coefficient (Wildman–Crippen LogP) is 15.9. The van der Waals surface area contributed by atoms with Crippen LogP contribution in [-0.4, -0.2) is 9.52 Å². The Morgan fingerprint density at radius 2 is 0.846 bits per heavy atom. The summed E-state index contributed by atoms with van der Waals surface area (Å²) in [5.74, 6) is 1.56. The van der Waals surface area contributed by atoms with Crippen molar-refractivity contribution in [1.82, 2.24) is 0 Å². The van der Waals surface area contributed by atoms with Gasteiger partial charge in [0.1, 0.15) is 0 Å². The van der Waals surface area contributed by atoms with E-state index in [1.807, 2.05) is 0 Å².